The third-order valence-corrected chi connectivity index (χ3v) is 3.46. The van der Waals surface area contributed by atoms with E-state index in [1.807, 2.05) is 19.2 Å². The van der Waals surface area contributed by atoms with Crippen molar-refractivity contribution < 1.29 is 4.79 Å². The summed E-state index contributed by atoms with van der Waals surface area (Å²) in [4.78, 5) is 17.8. The fourth-order valence-electron chi connectivity index (χ4n) is 2.34. The molecule has 2 rings (SSSR count). The summed E-state index contributed by atoms with van der Waals surface area (Å²) in [5.74, 6) is 0.223. The highest BCUT2D eigenvalue weighted by Crippen LogP contribution is 2.12. The molecule has 0 aliphatic carbocycles. The van der Waals surface area contributed by atoms with Gasteiger partial charge in [-0.2, -0.15) is 0 Å². The summed E-state index contributed by atoms with van der Waals surface area (Å²) in [5.41, 5.74) is 1.12. The quantitative estimate of drug-likeness (QED) is 0.859. The zero-order valence-electron chi connectivity index (χ0n) is 10.9. The van der Waals surface area contributed by atoms with Gasteiger partial charge in [0.15, 0.2) is 0 Å². The van der Waals surface area contributed by atoms with E-state index in [1.165, 1.54) is 12.8 Å². The maximum Gasteiger partial charge on any atom is 0.222 e. The Labute approximate surface area is 108 Å². The monoisotopic (exact) mass is 247 g/mol. The van der Waals surface area contributed by atoms with Gasteiger partial charge in [0.25, 0.3) is 0 Å². The fraction of sp³-hybridized carbons (Fsp3) is 0.571. The van der Waals surface area contributed by atoms with E-state index in [9.17, 15) is 4.79 Å². The minimum atomic E-state index is 0.223. The molecule has 0 aromatic carbocycles. The van der Waals surface area contributed by atoms with Crippen LogP contribution in [0.2, 0.25) is 0 Å². The molecular weight excluding hydrogens is 226 g/mol. The first-order valence-electron chi connectivity index (χ1n) is 6.62. The second kappa shape index (κ2) is 6.50. The summed E-state index contributed by atoms with van der Waals surface area (Å²) in [5, 5.41) is 3.42. The fourth-order valence-corrected chi connectivity index (χ4v) is 2.34. The Morgan fingerprint density at radius 1 is 1.50 bits per heavy atom. The lowest BCUT2D eigenvalue weighted by atomic mass is 10.1. The van der Waals surface area contributed by atoms with Crippen molar-refractivity contribution in [2.75, 3.05) is 13.6 Å². The molecule has 0 saturated carbocycles. The third-order valence-electron chi connectivity index (χ3n) is 3.46. The smallest absolute Gasteiger partial charge is 0.222 e. The molecule has 1 fully saturated rings. The Morgan fingerprint density at radius 2 is 2.28 bits per heavy atom. The van der Waals surface area contributed by atoms with E-state index in [1.54, 1.807) is 17.3 Å². The number of carbonyl (C=O) groups is 1. The lowest BCUT2D eigenvalue weighted by Crippen LogP contribution is -2.29. The van der Waals surface area contributed by atoms with Crippen molar-refractivity contribution in [3.63, 3.8) is 0 Å². The van der Waals surface area contributed by atoms with Gasteiger partial charge in [0.05, 0.1) is 0 Å². The predicted molar refractivity (Wildman–Crippen MR) is 71.0 cm³/mol. The highest BCUT2D eigenvalue weighted by molar-refractivity contribution is 5.75. The molecule has 1 saturated heterocycles. The van der Waals surface area contributed by atoms with Gasteiger partial charge in [0.1, 0.15) is 0 Å². The van der Waals surface area contributed by atoms with Crippen LogP contribution in [-0.2, 0) is 11.3 Å². The maximum atomic E-state index is 12.0. The molecule has 1 aliphatic heterocycles. The van der Waals surface area contributed by atoms with Crippen molar-refractivity contribution in [3.05, 3.63) is 30.1 Å². The van der Waals surface area contributed by atoms with Crippen molar-refractivity contribution in [2.24, 2.45) is 0 Å². The molecule has 1 unspecified atom stereocenters. The average molecular weight is 247 g/mol. The molecule has 1 aromatic heterocycles. The molecule has 4 nitrogen and oxygen atoms in total. The molecule has 1 aliphatic rings. The SMILES string of the molecule is CN(Cc1ccncc1)C(=O)CCC1CCCN1. The van der Waals surface area contributed by atoms with Crippen molar-refractivity contribution in [3.8, 4) is 0 Å². The summed E-state index contributed by atoms with van der Waals surface area (Å²) in [7, 11) is 1.87. The third kappa shape index (κ3) is 3.81. The van der Waals surface area contributed by atoms with E-state index >= 15 is 0 Å². The van der Waals surface area contributed by atoms with Crippen molar-refractivity contribution >= 4 is 5.91 Å². The normalized spacial score (nSPS) is 18.8. The van der Waals surface area contributed by atoms with Crippen LogP contribution >= 0.6 is 0 Å². The lowest BCUT2D eigenvalue weighted by molar-refractivity contribution is -0.130. The van der Waals surface area contributed by atoms with E-state index in [-0.39, 0.29) is 5.91 Å². The van der Waals surface area contributed by atoms with Gasteiger partial charge in [-0.05, 0) is 43.5 Å². The lowest BCUT2D eigenvalue weighted by Gasteiger charge is -2.18. The number of aromatic nitrogens is 1. The molecule has 18 heavy (non-hydrogen) atoms. The number of rotatable bonds is 5. The molecule has 1 amide bonds. The molecule has 0 spiro atoms. The number of amides is 1. The Balaban J connectivity index is 1.74. The van der Waals surface area contributed by atoms with E-state index in [0.29, 0.717) is 19.0 Å². The number of hydrogen-bond donors (Lipinski definition) is 1. The number of carbonyl (C=O) groups excluding carboxylic acids is 1. The Hall–Kier alpha value is -1.42. The topological polar surface area (TPSA) is 45.2 Å². The van der Waals surface area contributed by atoms with Crippen molar-refractivity contribution in [1.29, 1.82) is 0 Å². The van der Waals surface area contributed by atoms with Crippen molar-refractivity contribution in [1.82, 2.24) is 15.2 Å². The van der Waals surface area contributed by atoms with Crippen LogP contribution in [0, 0.1) is 0 Å². The van der Waals surface area contributed by atoms with Gasteiger partial charge in [-0.15, -0.1) is 0 Å². The van der Waals surface area contributed by atoms with Gasteiger partial charge in [-0.1, -0.05) is 0 Å². The maximum absolute atomic E-state index is 12.0. The predicted octanol–water partition coefficient (Wildman–Crippen LogP) is 1.57. The first-order chi connectivity index (χ1) is 8.75. The summed E-state index contributed by atoms with van der Waals surface area (Å²) in [6, 6.07) is 4.44. The summed E-state index contributed by atoms with van der Waals surface area (Å²) < 4.78 is 0. The van der Waals surface area contributed by atoms with Gasteiger partial charge in [0, 0.05) is 38.4 Å². The first kappa shape index (κ1) is 13.0. The highest BCUT2D eigenvalue weighted by Gasteiger charge is 2.16. The molecule has 1 aromatic rings. The van der Waals surface area contributed by atoms with Crippen LogP contribution in [0.15, 0.2) is 24.5 Å². The zero-order valence-corrected chi connectivity index (χ0v) is 10.9. The number of hydrogen-bond acceptors (Lipinski definition) is 3. The van der Waals surface area contributed by atoms with Gasteiger partial charge < -0.3 is 10.2 Å². The van der Waals surface area contributed by atoms with Crippen LogP contribution in [0.1, 0.15) is 31.2 Å². The summed E-state index contributed by atoms with van der Waals surface area (Å²) in [6.07, 6.45) is 7.57. The molecular formula is C14H21N3O. The summed E-state index contributed by atoms with van der Waals surface area (Å²) >= 11 is 0. The minimum Gasteiger partial charge on any atom is -0.341 e. The first-order valence-corrected chi connectivity index (χ1v) is 6.62. The van der Waals surface area contributed by atoms with Crippen LogP contribution in [0.4, 0.5) is 0 Å². The van der Waals surface area contributed by atoms with Crippen LogP contribution < -0.4 is 5.32 Å². The van der Waals surface area contributed by atoms with Crippen LogP contribution in [-0.4, -0.2) is 35.4 Å². The Kier molecular flexibility index (Phi) is 4.70. The van der Waals surface area contributed by atoms with Gasteiger partial charge >= 0.3 is 0 Å². The average Bonchev–Trinajstić information content (AvgIpc) is 2.90. The Bertz CT molecular complexity index is 374. The zero-order chi connectivity index (χ0) is 12.8. The largest absolute Gasteiger partial charge is 0.341 e. The van der Waals surface area contributed by atoms with E-state index < -0.39 is 0 Å². The second-order valence-electron chi connectivity index (χ2n) is 4.94. The van der Waals surface area contributed by atoms with Gasteiger partial charge in [-0.3, -0.25) is 9.78 Å². The molecule has 0 bridgehead atoms. The van der Waals surface area contributed by atoms with Crippen molar-refractivity contribution in [2.45, 2.75) is 38.3 Å². The van der Waals surface area contributed by atoms with Gasteiger partial charge in [0.2, 0.25) is 5.91 Å². The molecule has 4 heteroatoms. The van der Waals surface area contributed by atoms with E-state index in [4.69, 9.17) is 0 Å². The van der Waals surface area contributed by atoms with Crippen LogP contribution in [0.25, 0.3) is 0 Å². The molecule has 1 N–H and O–H groups in total. The van der Waals surface area contributed by atoms with Crippen LogP contribution in [0.5, 0.6) is 0 Å². The molecule has 2 heterocycles. The minimum absolute atomic E-state index is 0.223. The second-order valence-corrected chi connectivity index (χ2v) is 4.94. The van der Waals surface area contributed by atoms with Gasteiger partial charge in [-0.25, -0.2) is 0 Å². The standard InChI is InChI=1S/C14H21N3O/c1-17(11-12-6-9-15-10-7-12)14(18)5-4-13-3-2-8-16-13/h6-7,9-10,13,16H,2-5,8,11H2,1H3. The van der Waals surface area contributed by atoms with Crippen LogP contribution in [0.3, 0.4) is 0 Å². The molecule has 1 atom stereocenters. The Morgan fingerprint density at radius 3 is 2.94 bits per heavy atom. The van der Waals surface area contributed by atoms with E-state index in [2.05, 4.69) is 10.3 Å². The number of nitrogens with zero attached hydrogens (tertiary/aromatic N) is 2. The highest BCUT2D eigenvalue weighted by atomic mass is 16.2. The number of nitrogens with one attached hydrogen (secondary N) is 1. The molecule has 0 radical (unpaired) electrons. The van der Waals surface area contributed by atoms with E-state index in [0.717, 1.165) is 18.5 Å². The number of pyridine rings is 1. The molecule has 98 valence electrons. The summed E-state index contributed by atoms with van der Waals surface area (Å²) in [6.45, 7) is 1.77.